The highest BCUT2D eigenvalue weighted by Gasteiger charge is 2.21. The Hall–Kier alpha value is -2.12. The van der Waals surface area contributed by atoms with Gasteiger partial charge < -0.3 is 0 Å². The number of hydrogen-bond donors (Lipinski definition) is 1. The van der Waals surface area contributed by atoms with Gasteiger partial charge in [-0.05, 0) is 25.0 Å². The molecule has 102 valence electrons. The smallest absolute Gasteiger partial charge is 0.124 e. The van der Waals surface area contributed by atoms with Crippen LogP contribution in [-0.4, -0.2) is 15.8 Å². The van der Waals surface area contributed by atoms with Crippen LogP contribution in [0, 0.1) is 11.3 Å². The Morgan fingerprint density at radius 1 is 1.25 bits per heavy atom. The van der Waals surface area contributed by atoms with E-state index in [1.165, 1.54) is 25.7 Å². The number of aromatic nitrogens is 2. The molecule has 4 heteroatoms. The van der Waals surface area contributed by atoms with E-state index in [9.17, 15) is 5.26 Å². The Morgan fingerprint density at radius 2 is 2.00 bits per heavy atom. The first-order valence-electron chi connectivity index (χ1n) is 7.12. The molecule has 1 fully saturated rings. The van der Waals surface area contributed by atoms with Crippen molar-refractivity contribution in [1.82, 2.24) is 15.1 Å². The standard InChI is InChI=1S/C16H18N4/c17-10-16(19-14-6-4-5-7-14)13-11-18-20(12-13)15-8-2-1-3-9-15/h1-3,8-9,11-12,14,16,19H,4-7H2. The summed E-state index contributed by atoms with van der Waals surface area (Å²) in [7, 11) is 0. The fourth-order valence-electron chi connectivity index (χ4n) is 2.74. The summed E-state index contributed by atoms with van der Waals surface area (Å²) in [5, 5.41) is 17.2. The molecule has 3 rings (SSSR count). The number of benzene rings is 1. The van der Waals surface area contributed by atoms with Crippen LogP contribution in [0.25, 0.3) is 5.69 Å². The summed E-state index contributed by atoms with van der Waals surface area (Å²) in [6, 6.07) is 12.5. The van der Waals surface area contributed by atoms with Crippen LogP contribution < -0.4 is 5.32 Å². The lowest BCUT2D eigenvalue weighted by Gasteiger charge is -2.15. The van der Waals surface area contributed by atoms with Gasteiger partial charge in [-0.15, -0.1) is 0 Å². The van der Waals surface area contributed by atoms with Crippen LogP contribution in [0.15, 0.2) is 42.7 Å². The summed E-state index contributed by atoms with van der Waals surface area (Å²) in [5.74, 6) is 0. The van der Waals surface area contributed by atoms with Crippen molar-refractivity contribution in [2.75, 3.05) is 0 Å². The van der Waals surface area contributed by atoms with Gasteiger partial charge in [-0.3, -0.25) is 5.32 Å². The van der Waals surface area contributed by atoms with Crippen LogP contribution in [0.2, 0.25) is 0 Å². The second kappa shape index (κ2) is 5.89. The van der Waals surface area contributed by atoms with Crippen molar-refractivity contribution in [2.24, 2.45) is 0 Å². The molecule has 1 atom stereocenters. The highest BCUT2D eigenvalue weighted by molar-refractivity contribution is 5.32. The van der Waals surface area contributed by atoms with Gasteiger partial charge in [0, 0.05) is 17.8 Å². The molecule has 1 aliphatic carbocycles. The van der Waals surface area contributed by atoms with Crippen molar-refractivity contribution in [1.29, 1.82) is 5.26 Å². The second-order valence-corrected chi connectivity index (χ2v) is 5.26. The van der Waals surface area contributed by atoms with E-state index in [1.54, 1.807) is 6.20 Å². The maximum atomic E-state index is 9.37. The van der Waals surface area contributed by atoms with E-state index in [-0.39, 0.29) is 6.04 Å². The normalized spacial score (nSPS) is 16.9. The van der Waals surface area contributed by atoms with Crippen molar-refractivity contribution in [3.05, 3.63) is 48.3 Å². The zero-order chi connectivity index (χ0) is 13.8. The predicted octanol–water partition coefficient (Wildman–Crippen LogP) is 2.97. The number of nitrogens with one attached hydrogen (secondary N) is 1. The topological polar surface area (TPSA) is 53.6 Å². The van der Waals surface area contributed by atoms with Crippen molar-refractivity contribution >= 4 is 0 Å². The average molecular weight is 266 g/mol. The summed E-state index contributed by atoms with van der Waals surface area (Å²) >= 11 is 0. The van der Waals surface area contributed by atoms with Crippen LogP contribution in [-0.2, 0) is 0 Å². The van der Waals surface area contributed by atoms with Crippen LogP contribution in [0.5, 0.6) is 0 Å². The van der Waals surface area contributed by atoms with Gasteiger partial charge in [0.05, 0.1) is 18.0 Å². The van der Waals surface area contributed by atoms with E-state index in [1.807, 2.05) is 41.2 Å². The molecule has 1 N–H and O–H groups in total. The van der Waals surface area contributed by atoms with Crippen LogP contribution in [0.3, 0.4) is 0 Å². The summed E-state index contributed by atoms with van der Waals surface area (Å²) in [4.78, 5) is 0. The molecule has 0 saturated heterocycles. The molecule has 20 heavy (non-hydrogen) atoms. The molecule has 4 nitrogen and oxygen atoms in total. The Labute approximate surface area is 119 Å². The van der Waals surface area contributed by atoms with Gasteiger partial charge in [-0.2, -0.15) is 10.4 Å². The lowest BCUT2D eigenvalue weighted by Crippen LogP contribution is -2.29. The molecule has 1 aliphatic rings. The van der Waals surface area contributed by atoms with E-state index in [0.717, 1.165) is 11.3 Å². The third-order valence-electron chi connectivity index (χ3n) is 3.84. The Balaban J connectivity index is 1.76. The first kappa shape index (κ1) is 12.9. The van der Waals surface area contributed by atoms with Crippen molar-refractivity contribution in [3.63, 3.8) is 0 Å². The largest absolute Gasteiger partial charge is 0.295 e. The van der Waals surface area contributed by atoms with Crippen LogP contribution >= 0.6 is 0 Å². The molecule has 0 aliphatic heterocycles. The fraction of sp³-hybridized carbons (Fsp3) is 0.375. The van der Waals surface area contributed by atoms with Gasteiger partial charge in [0.25, 0.3) is 0 Å². The number of nitriles is 1. The average Bonchev–Trinajstić information content (AvgIpc) is 3.17. The van der Waals surface area contributed by atoms with Gasteiger partial charge in [0.2, 0.25) is 0 Å². The highest BCUT2D eigenvalue weighted by atomic mass is 15.3. The minimum absolute atomic E-state index is 0.268. The molecule has 1 saturated carbocycles. The zero-order valence-corrected chi connectivity index (χ0v) is 11.4. The lowest BCUT2D eigenvalue weighted by molar-refractivity contribution is 0.492. The summed E-state index contributed by atoms with van der Waals surface area (Å²) in [6.07, 6.45) is 8.59. The summed E-state index contributed by atoms with van der Waals surface area (Å²) < 4.78 is 1.82. The molecule has 1 heterocycles. The molecule has 0 amide bonds. The molecule has 2 aromatic rings. The predicted molar refractivity (Wildman–Crippen MR) is 77.3 cm³/mol. The monoisotopic (exact) mass is 266 g/mol. The highest BCUT2D eigenvalue weighted by Crippen LogP contribution is 2.22. The molecule has 1 aromatic carbocycles. The molecular formula is C16H18N4. The van der Waals surface area contributed by atoms with Gasteiger partial charge in [-0.25, -0.2) is 4.68 Å². The Bertz CT molecular complexity index is 590. The Kier molecular flexibility index (Phi) is 3.80. The minimum Gasteiger partial charge on any atom is -0.295 e. The molecule has 0 bridgehead atoms. The molecule has 0 spiro atoms. The van der Waals surface area contributed by atoms with Crippen LogP contribution in [0.1, 0.15) is 37.3 Å². The number of hydrogen-bond acceptors (Lipinski definition) is 3. The molecule has 0 radical (unpaired) electrons. The van der Waals surface area contributed by atoms with Gasteiger partial charge >= 0.3 is 0 Å². The quantitative estimate of drug-likeness (QED) is 0.925. The molecule has 1 aromatic heterocycles. The van der Waals surface area contributed by atoms with E-state index in [0.29, 0.717) is 6.04 Å². The third-order valence-corrected chi connectivity index (χ3v) is 3.84. The van der Waals surface area contributed by atoms with Crippen molar-refractivity contribution in [3.8, 4) is 11.8 Å². The first-order valence-corrected chi connectivity index (χ1v) is 7.12. The maximum Gasteiger partial charge on any atom is 0.124 e. The van der Waals surface area contributed by atoms with E-state index in [4.69, 9.17) is 0 Å². The SMILES string of the molecule is N#CC(NC1CCCC1)c1cnn(-c2ccccc2)c1. The maximum absolute atomic E-state index is 9.37. The van der Waals surface area contributed by atoms with E-state index >= 15 is 0 Å². The lowest BCUT2D eigenvalue weighted by atomic mass is 10.1. The van der Waals surface area contributed by atoms with E-state index in [2.05, 4.69) is 16.5 Å². The van der Waals surface area contributed by atoms with Crippen molar-refractivity contribution in [2.45, 2.75) is 37.8 Å². The molecular weight excluding hydrogens is 248 g/mol. The van der Waals surface area contributed by atoms with Gasteiger partial charge in [0.15, 0.2) is 0 Å². The Morgan fingerprint density at radius 3 is 2.70 bits per heavy atom. The van der Waals surface area contributed by atoms with E-state index < -0.39 is 0 Å². The number of nitrogens with zero attached hydrogens (tertiary/aromatic N) is 3. The molecule has 1 unspecified atom stereocenters. The van der Waals surface area contributed by atoms with Crippen LogP contribution in [0.4, 0.5) is 0 Å². The summed E-state index contributed by atoms with van der Waals surface area (Å²) in [6.45, 7) is 0. The number of rotatable bonds is 4. The number of para-hydroxylation sites is 1. The zero-order valence-electron chi connectivity index (χ0n) is 11.4. The first-order chi connectivity index (χ1) is 9.86. The second-order valence-electron chi connectivity index (χ2n) is 5.26. The van der Waals surface area contributed by atoms with Gasteiger partial charge in [-0.1, -0.05) is 31.0 Å². The minimum atomic E-state index is -0.268. The fourth-order valence-corrected chi connectivity index (χ4v) is 2.74. The summed E-state index contributed by atoms with van der Waals surface area (Å²) in [5.41, 5.74) is 1.94. The van der Waals surface area contributed by atoms with Crippen molar-refractivity contribution < 1.29 is 0 Å². The third kappa shape index (κ3) is 2.73. The van der Waals surface area contributed by atoms with Gasteiger partial charge in [0.1, 0.15) is 6.04 Å².